The quantitative estimate of drug-likeness (QED) is 0.583. The van der Waals surface area contributed by atoms with Crippen molar-refractivity contribution in [1.29, 1.82) is 0 Å². The topological polar surface area (TPSA) is 76.7 Å². The van der Waals surface area contributed by atoms with E-state index in [1.807, 2.05) is 57.2 Å². The SMILES string of the molecule is COc1cc(C(C)(C)C)ccc1C(=O)Nc1cccc2c1CCCC2NC(=O)OC(C)(C)C. The van der Waals surface area contributed by atoms with Crippen LogP contribution < -0.4 is 15.4 Å². The lowest BCUT2D eigenvalue weighted by Crippen LogP contribution is -2.36. The number of amides is 2. The van der Waals surface area contributed by atoms with Crippen LogP contribution in [0, 0.1) is 0 Å². The standard InChI is InChI=1S/C27H36N2O4/c1-26(2,3)17-14-15-20(23(16-17)32-7)24(30)28-21-12-8-11-19-18(21)10-9-13-22(19)29-25(31)33-27(4,5)6/h8,11-12,14-16,22H,9-10,13H2,1-7H3,(H,28,30)(H,29,31). The molecule has 0 fully saturated rings. The number of nitrogens with one attached hydrogen (secondary N) is 2. The minimum absolute atomic E-state index is 0.0447. The van der Waals surface area contributed by atoms with Crippen molar-refractivity contribution in [3.63, 3.8) is 0 Å². The van der Waals surface area contributed by atoms with E-state index in [4.69, 9.17) is 9.47 Å². The molecule has 178 valence electrons. The van der Waals surface area contributed by atoms with Gasteiger partial charge in [0.15, 0.2) is 0 Å². The molecule has 0 saturated carbocycles. The summed E-state index contributed by atoms with van der Waals surface area (Å²) in [6.45, 7) is 11.9. The third kappa shape index (κ3) is 6.06. The van der Waals surface area contributed by atoms with Gasteiger partial charge in [-0.3, -0.25) is 4.79 Å². The second kappa shape index (κ2) is 9.46. The van der Waals surface area contributed by atoms with Gasteiger partial charge in [0.1, 0.15) is 11.4 Å². The molecule has 2 aromatic carbocycles. The normalized spacial score (nSPS) is 15.9. The molecule has 0 radical (unpaired) electrons. The average molecular weight is 453 g/mol. The molecule has 1 aliphatic rings. The monoisotopic (exact) mass is 452 g/mol. The van der Waals surface area contributed by atoms with Crippen molar-refractivity contribution < 1.29 is 19.1 Å². The van der Waals surface area contributed by atoms with Crippen LogP contribution in [-0.4, -0.2) is 24.7 Å². The Morgan fingerprint density at radius 2 is 1.76 bits per heavy atom. The van der Waals surface area contributed by atoms with Crippen LogP contribution in [0.3, 0.4) is 0 Å². The number of carbonyl (C=O) groups excluding carboxylic acids is 2. The molecule has 3 rings (SSSR count). The third-order valence-electron chi connectivity index (χ3n) is 5.76. The zero-order valence-electron chi connectivity index (χ0n) is 20.8. The van der Waals surface area contributed by atoms with E-state index in [9.17, 15) is 9.59 Å². The zero-order valence-corrected chi connectivity index (χ0v) is 20.8. The molecule has 33 heavy (non-hydrogen) atoms. The van der Waals surface area contributed by atoms with Gasteiger partial charge in [0, 0.05) is 5.69 Å². The summed E-state index contributed by atoms with van der Waals surface area (Å²) in [6.07, 6.45) is 2.13. The van der Waals surface area contributed by atoms with Crippen LogP contribution >= 0.6 is 0 Å². The summed E-state index contributed by atoms with van der Waals surface area (Å²) in [5.41, 5.74) is 3.81. The molecule has 0 bridgehead atoms. The maximum Gasteiger partial charge on any atom is 0.408 e. The smallest absolute Gasteiger partial charge is 0.408 e. The molecular weight excluding hydrogens is 416 g/mol. The summed E-state index contributed by atoms with van der Waals surface area (Å²) >= 11 is 0. The van der Waals surface area contributed by atoms with Gasteiger partial charge >= 0.3 is 6.09 Å². The van der Waals surface area contributed by atoms with Gasteiger partial charge in [0.2, 0.25) is 0 Å². The number of fused-ring (bicyclic) bond motifs is 1. The van der Waals surface area contributed by atoms with E-state index in [-0.39, 0.29) is 17.4 Å². The number of ether oxygens (including phenoxy) is 2. The Morgan fingerprint density at radius 3 is 2.39 bits per heavy atom. The molecule has 1 unspecified atom stereocenters. The lowest BCUT2D eigenvalue weighted by atomic mass is 9.86. The van der Waals surface area contributed by atoms with Crippen molar-refractivity contribution in [2.75, 3.05) is 12.4 Å². The van der Waals surface area contributed by atoms with E-state index < -0.39 is 11.7 Å². The van der Waals surface area contributed by atoms with Gasteiger partial charge in [-0.1, -0.05) is 39.0 Å². The number of benzene rings is 2. The second-order valence-corrected chi connectivity index (χ2v) is 10.6. The highest BCUT2D eigenvalue weighted by molar-refractivity contribution is 6.06. The predicted molar refractivity (Wildman–Crippen MR) is 131 cm³/mol. The third-order valence-corrected chi connectivity index (χ3v) is 5.76. The molecule has 1 aliphatic carbocycles. The fourth-order valence-electron chi connectivity index (χ4n) is 4.10. The first-order valence-corrected chi connectivity index (χ1v) is 11.5. The van der Waals surface area contributed by atoms with Crippen molar-refractivity contribution in [3.05, 3.63) is 58.7 Å². The van der Waals surface area contributed by atoms with Crippen molar-refractivity contribution in [2.45, 2.75) is 77.9 Å². The number of carbonyl (C=O) groups is 2. The van der Waals surface area contributed by atoms with Crippen molar-refractivity contribution in [1.82, 2.24) is 5.32 Å². The highest BCUT2D eigenvalue weighted by atomic mass is 16.6. The maximum atomic E-state index is 13.2. The van der Waals surface area contributed by atoms with E-state index in [2.05, 4.69) is 31.4 Å². The van der Waals surface area contributed by atoms with E-state index >= 15 is 0 Å². The number of alkyl carbamates (subject to hydrolysis) is 1. The molecule has 0 aromatic heterocycles. The molecule has 0 spiro atoms. The second-order valence-electron chi connectivity index (χ2n) is 10.6. The van der Waals surface area contributed by atoms with Crippen molar-refractivity contribution in [2.24, 2.45) is 0 Å². The number of hydrogen-bond acceptors (Lipinski definition) is 4. The van der Waals surface area contributed by atoms with Crippen LogP contribution in [0.5, 0.6) is 5.75 Å². The van der Waals surface area contributed by atoms with Gasteiger partial charge < -0.3 is 20.1 Å². The van der Waals surface area contributed by atoms with Crippen LogP contribution in [0.2, 0.25) is 0 Å². The molecule has 0 saturated heterocycles. The fourth-order valence-corrected chi connectivity index (χ4v) is 4.10. The average Bonchev–Trinajstić information content (AvgIpc) is 2.71. The number of anilines is 1. The van der Waals surface area contributed by atoms with E-state index in [0.29, 0.717) is 11.3 Å². The molecule has 6 nitrogen and oxygen atoms in total. The first-order chi connectivity index (χ1) is 15.4. The number of rotatable bonds is 4. The van der Waals surface area contributed by atoms with Crippen LogP contribution in [-0.2, 0) is 16.6 Å². The summed E-state index contributed by atoms with van der Waals surface area (Å²) in [7, 11) is 1.58. The Balaban J connectivity index is 1.83. The molecule has 2 amide bonds. The molecule has 1 atom stereocenters. The van der Waals surface area contributed by atoms with Gasteiger partial charge in [0.25, 0.3) is 5.91 Å². The van der Waals surface area contributed by atoms with Crippen LogP contribution in [0.25, 0.3) is 0 Å². The number of hydrogen-bond donors (Lipinski definition) is 2. The molecule has 6 heteroatoms. The Morgan fingerprint density at radius 1 is 1.03 bits per heavy atom. The largest absolute Gasteiger partial charge is 0.496 e. The molecule has 0 aliphatic heterocycles. The molecule has 2 N–H and O–H groups in total. The Hall–Kier alpha value is -3.02. The van der Waals surface area contributed by atoms with E-state index in [0.717, 1.165) is 41.6 Å². The maximum absolute atomic E-state index is 13.2. The van der Waals surface area contributed by atoms with Crippen molar-refractivity contribution in [3.8, 4) is 5.75 Å². The van der Waals surface area contributed by atoms with Gasteiger partial charge in [0.05, 0.1) is 18.7 Å². The lowest BCUT2D eigenvalue weighted by molar-refractivity contribution is 0.0498. The first-order valence-electron chi connectivity index (χ1n) is 11.5. The number of methoxy groups -OCH3 is 1. The van der Waals surface area contributed by atoms with Gasteiger partial charge in [-0.15, -0.1) is 0 Å². The summed E-state index contributed by atoms with van der Waals surface area (Å²) < 4.78 is 11.0. The minimum atomic E-state index is -0.557. The van der Waals surface area contributed by atoms with Crippen molar-refractivity contribution >= 4 is 17.7 Å². The van der Waals surface area contributed by atoms with Crippen LogP contribution in [0.1, 0.15) is 87.5 Å². The zero-order chi connectivity index (χ0) is 24.4. The molecule has 0 heterocycles. The lowest BCUT2D eigenvalue weighted by Gasteiger charge is -2.29. The Bertz CT molecular complexity index is 1030. The van der Waals surface area contributed by atoms with Crippen LogP contribution in [0.4, 0.5) is 10.5 Å². The minimum Gasteiger partial charge on any atom is -0.496 e. The highest BCUT2D eigenvalue weighted by Crippen LogP contribution is 2.35. The summed E-state index contributed by atoms with van der Waals surface area (Å²) in [5.74, 6) is 0.331. The predicted octanol–water partition coefficient (Wildman–Crippen LogP) is 6.15. The van der Waals surface area contributed by atoms with Gasteiger partial charge in [-0.2, -0.15) is 0 Å². The summed E-state index contributed by atoms with van der Waals surface area (Å²) in [5, 5.41) is 6.06. The Kier molecular flexibility index (Phi) is 7.06. The molecular formula is C27H36N2O4. The summed E-state index contributed by atoms with van der Waals surface area (Å²) in [6, 6.07) is 11.4. The molecule has 2 aromatic rings. The van der Waals surface area contributed by atoms with Crippen LogP contribution in [0.15, 0.2) is 36.4 Å². The van der Waals surface area contributed by atoms with Gasteiger partial charge in [-0.25, -0.2) is 4.79 Å². The van der Waals surface area contributed by atoms with E-state index in [1.54, 1.807) is 7.11 Å². The fraction of sp³-hybridized carbons (Fsp3) is 0.481. The Labute approximate surface area is 197 Å². The summed E-state index contributed by atoms with van der Waals surface area (Å²) in [4.78, 5) is 25.5. The van der Waals surface area contributed by atoms with E-state index in [1.165, 1.54) is 0 Å². The highest BCUT2D eigenvalue weighted by Gasteiger charge is 2.27. The first kappa shape index (κ1) is 24.6. The van der Waals surface area contributed by atoms with Gasteiger partial charge in [-0.05, 0) is 80.3 Å².